The Morgan fingerprint density at radius 3 is 2.54 bits per heavy atom. The van der Waals surface area contributed by atoms with E-state index in [1.807, 2.05) is 0 Å². The smallest absolute Gasteiger partial charge is 0.0593 e. The minimum Gasteiger partial charge on any atom is -0.380 e. The highest BCUT2D eigenvalue weighted by molar-refractivity contribution is 9.09. The number of hydrogen-bond donors (Lipinski definition) is 0. The van der Waals surface area contributed by atoms with Crippen LogP contribution in [0.2, 0.25) is 0 Å². The van der Waals surface area contributed by atoms with Gasteiger partial charge in [0.2, 0.25) is 0 Å². The summed E-state index contributed by atoms with van der Waals surface area (Å²) < 4.78 is 5.41. The predicted molar refractivity (Wildman–Crippen MR) is 61.6 cm³/mol. The molecule has 0 amide bonds. The van der Waals surface area contributed by atoms with Crippen LogP contribution in [0.25, 0.3) is 0 Å². The SMILES string of the molecule is CCCOCCN(C)CCC(C)Br. The normalized spacial score (nSPS) is 13.6. The van der Waals surface area contributed by atoms with Crippen LogP contribution in [0.5, 0.6) is 0 Å². The topological polar surface area (TPSA) is 12.5 Å². The lowest BCUT2D eigenvalue weighted by Crippen LogP contribution is -2.25. The Hall–Kier alpha value is 0.400. The van der Waals surface area contributed by atoms with E-state index in [-0.39, 0.29) is 0 Å². The maximum absolute atomic E-state index is 5.41. The molecule has 0 aliphatic carbocycles. The van der Waals surface area contributed by atoms with Crippen molar-refractivity contribution in [1.82, 2.24) is 4.90 Å². The monoisotopic (exact) mass is 251 g/mol. The lowest BCUT2D eigenvalue weighted by molar-refractivity contribution is 0.112. The molecule has 3 heteroatoms. The first-order chi connectivity index (χ1) is 6.16. The molecule has 0 aliphatic heterocycles. The Morgan fingerprint density at radius 2 is 2.00 bits per heavy atom. The van der Waals surface area contributed by atoms with Crippen molar-refractivity contribution in [1.29, 1.82) is 0 Å². The fourth-order valence-corrected chi connectivity index (χ4v) is 1.18. The number of alkyl halides is 1. The van der Waals surface area contributed by atoms with Crippen molar-refractivity contribution in [2.24, 2.45) is 0 Å². The highest BCUT2D eigenvalue weighted by Gasteiger charge is 2.00. The fourth-order valence-electron chi connectivity index (χ4n) is 0.977. The van der Waals surface area contributed by atoms with E-state index in [9.17, 15) is 0 Å². The molecule has 0 aromatic rings. The van der Waals surface area contributed by atoms with E-state index in [1.54, 1.807) is 0 Å². The van der Waals surface area contributed by atoms with Crippen molar-refractivity contribution in [3.05, 3.63) is 0 Å². The summed E-state index contributed by atoms with van der Waals surface area (Å²) in [6.07, 6.45) is 2.31. The lowest BCUT2D eigenvalue weighted by Gasteiger charge is -2.16. The van der Waals surface area contributed by atoms with Gasteiger partial charge in [0.25, 0.3) is 0 Å². The third-order valence-corrected chi connectivity index (χ3v) is 2.33. The molecule has 80 valence electrons. The summed E-state index contributed by atoms with van der Waals surface area (Å²) in [5.41, 5.74) is 0. The van der Waals surface area contributed by atoms with Gasteiger partial charge < -0.3 is 9.64 Å². The zero-order valence-electron chi connectivity index (χ0n) is 9.05. The third-order valence-electron chi connectivity index (χ3n) is 1.87. The molecule has 0 spiro atoms. The van der Waals surface area contributed by atoms with Gasteiger partial charge in [-0.3, -0.25) is 0 Å². The van der Waals surface area contributed by atoms with Gasteiger partial charge in [0.1, 0.15) is 0 Å². The molecule has 2 nitrogen and oxygen atoms in total. The van der Waals surface area contributed by atoms with E-state index in [0.29, 0.717) is 4.83 Å². The third kappa shape index (κ3) is 10.3. The zero-order valence-corrected chi connectivity index (χ0v) is 10.6. The largest absolute Gasteiger partial charge is 0.380 e. The number of likely N-dealkylation sites (N-methyl/N-ethyl adjacent to an activating group) is 1. The first kappa shape index (κ1) is 13.4. The number of ether oxygens (including phenoxy) is 1. The van der Waals surface area contributed by atoms with Crippen molar-refractivity contribution in [3.63, 3.8) is 0 Å². The van der Waals surface area contributed by atoms with Crippen LogP contribution in [0.1, 0.15) is 26.7 Å². The second-order valence-electron chi connectivity index (χ2n) is 3.49. The van der Waals surface area contributed by atoms with Crippen LogP contribution in [0.4, 0.5) is 0 Å². The van der Waals surface area contributed by atoms with E-state index >= 15 is 0 Å². The van der Waals surface area contributed by atoms with Gasteiger partial charge >= 0.3 is 0 Å². The molecule has 0 saturated carbocycles. The maximum Gasteiger partial charge on any atom is 0.0593 e. The molecule has 0 saturated heterocycles. The minimum absolute atomic E-state index is 0.617. The quantitative estimate of drug-likeness (QED) is 0.486. The molecule has 0 aliphatic rings. The van der Waals surface area contributed by atoms with Crippen molar-refractivity contribution < 1.29 is 4.74 Å². The maximum atomic E-state index is 5.41. The van der Waals surface area contributed by atoms with Gasteiger partial charge in [-0.25, -0.2) is 0 Å². The molecule has 0 N–H and O–H groups in total. The fraction of sp³-hybridized carbons (Fsp3) is 1.00. The number of hydrogen-bond acceptors (Lipinski definition) is 2. The molecule has 0 radical (unpaired) electrons. The summed E-state index contributed by atoms with van der Waals surface area (Å²) in [7, 11) is 2.14. The van der Waals surface area contributed by atoms with Crippen molar-refractivity contribution >= 4 is 15.9 Å². The molecule has 0 aromatic heterocycles. The summed E-state index contributed by atoms with van der Waals surface area (Å²) in [6.45, 7) is 8.25. The van der Waals surface area contributed by atoms with Gasteiger partial charge in [-0.1, -0.05) is 29.8 Å². The Balaban J connectivity index is 3.15. The van der Waals surface area contributed by atoms with E-state index in [1.165, 1.54) is 6.42 Å². The van der Waals surface area contributed by atoms with E-state index in [4.69, 9.17) is 4.74 Å². The Morgan fingerprint density at radius 1 is 1.31 bits per heavy atom. The Labute approximate surface area is 90.8 Å². The molecule has 0 heterocycles. The average Bonchev–Trinajstić information content (AvgIpc) is 2.09. The highest BCUT2D eigenvalue weighted by atomic mass is 79.9. The van der Waals surface area contributed by atoms with Crippen LogP contribution < -0.4 is 0 Å². The van der Waals surface area contributed by atoms with Crippen molar-refractivity contribution in [3.8, 4) is 0 Å². The predicted octanol–water partition coefficient (Wildman–Crippen LogP) is 2.52. The van der Waals surface area contributed by atoms with Crippen LogP contribution in [0.15, 0.2) is 0 Å². The molecular formula is C10H22BrNO. The lowest BCUT2D eigenvalue weighted by atomic mass is 10.3. The van der Waals surface area contributed by atoms with Crippen LogP contribution in [0.3, 0.4) is 0 Å². The first-order valence-corrected chi connectivity index (χ1v) is 5.98. The van der Waals surface area contributed by atoms with Crippen LogP contribution in [-0.2, 0) is 4.74 Å². The van der Waals surface area contributed by atoms with Gasteiger partial charge in [0.05, 0.1) is 6.61 Å². The number of nitrogens with zero attached hydrogens (tertiary/aromatic N) is 1. The second-order valence-corrected chi connectivity index (χ2v) is 5.05. The van der Waals surface area contributed by atoms with Crippen molar-refractivity contribution in [2.75, 3.05) is 33.4 Å². The van der Waals surface area contributed by atoms with Crippen LogP contribution in [-0.4, -0.2) is 43.1 Å². The Kier molecular flexibility index (Phi) is 9.25. The van der Waals surface area contributed by atoms with Gasteiger partial charge in [-0.05, 0) is 26.4 Å². The van der Waals surface area contributed by atoms with E-state index < -0.39 is 0 Å². The molecule has 0 rings (SSSR count). The second kappa shape index (κ2) is 8.97. The zero-order chi connectivity index (χ0) is 10.1. The molecule has 13 heavy (non-hydrogen) atoms. The summed E-state index contributed by atoms with van der Waals surface area (Å²) >= 11 is 3.54. The van der Waals surface area contributed by atoms with E-state index in [2.05, 4.69) is 41.7 Å². The minimum atomic E-state index is 0.617. The molecular weight excluding hydrogens is 230 g/mol. The summed E-state index contributed by atoms with van der Waals surface area (Å²) in [5.74, 6) is 0. The average molecular weight is 252 g/mol. The summed E-state index contributed by atoms with van der Waals surface area (Å²) in [6, 6.07) is 0. The van der Waals surface area contributed by atoms with Gasteiger partial charge in [-0.15, -0.1) is 0 Å². The molecule has 0 aromatic carbocycles. The standard InChI is InChI=1S/C10H22BrNO/c1-4-8-13-9-7-12(3)6-5-10(2)11/h10H,4-9H2,1-3H3. The number of rotatable bonds is 8. The molecule has 0 fully saturated rings. The van der Waals surface area contributed by atoms with Crippen molar-refractivity contribution in [2.45, 2.75) is 31.5 Å². The van der Waals surface area contributed by atoms with Gasteiger partial charge in [0.15, 0.2) is 0 Å². The number of halogens is 1. The summed E-state index contributed by atoms with van der Waals surface area (Å²) in [4.78, 5) is 2.93. The highest BCUT2D eigenvalue weighted by Crippen LogP contribution is 2.03. The van der Waals surface area contributed by atoms with Crippen LogP contribution >= 0.6 is 15.9 Å². The molecule has 1 unspecified atom stereocenters. The molecule has 0 bridgehead atoms. The molecule has 1 atom stereocenters. The van der Waals surface area contributed by atoms with Crippen LogP contribution in [0, 0.1) is 0 Å². The van der Waals surface area contributed by atoms with Gasteiger partial charge in [-0.2, -0.15) is 0 Å². The van der Waals surface area contributed by atoms with E-state index in [0.717, 1.165) is 32.7 Å². The summed E-state index contributed by atoms with van der Waals surface area (Å²) in [5, 5.41) is 0. The Bertz CT molecular complexity index is 109. The first-order valence-electron chi connectivity index (χ1n) is 5.07. The van der Waals surface area contributed by atoms with Gasteiger partial charge in [0, 0.05) is 18.0 Å².